The van der Waals surface area contributed by atoms with E-state index >= 15 is 0 Å². The first-order valence-electron chi connectivity index (χ1n) is 6.83. The summed E-state index contributed by atoms with van der Waals surface area (Å²) < 4.78 is 0.745. The number of benzene rings is 1. The summed E-state index contributed by atoms with van der Waals surface area (Å²) in [5.74, 6) is -0.0133. The van der Waals surface area contributed by atoms with Crippen LogP contribution in [0.3, 0.4) is 0 Å². The molecular formula is C16H14BrClN2O. The molecule has 0 aliphatic carbocycles. The Hall–Kier alpha value is -1.39. The van der Waals surface area contributed by atoms with Crippen LogP contribution in [0.25, 0.3) is 0 Å². The third-order valence-corrected chi connectivity index (χ3v) is 5.08. The highest BCUT2D eigenvalue weighted by Gasteiger charge is 2.31. The van der Waals surface area contributed by atoms with Crippen molar-refractivity contribution in [2.45, 2.75) is 18.9 Å². The van der Waals surface area contributed by atoms with Crippen molar-refractivity contribution >= 4 is 33.4 Å². The highest BCUT2D eigenvalue weighted by Crippen LogP contribution is 2.35. The summed E-state index contributed by atoms with van der Waals surface area (Å²) in [5, 5.41) is 0.475. The zero-order chi connectivity index (χ0) is 14.8. The first kappa shape index (κ1) is 14.5. The van der Waals surface area contributed by atoms with Gasteiger partial charge in [-0.25, -0.2) is 0 Å². The van der Waals surface area contributed by atoms with Gasteiger partial charge in [-0.15, -0.1) is 0 Å². The zero-order valence-corrected chi connectivity index (χ0v) is 13.6. The lowest BCUT2D eigenvalue weighted by molar-refractivity contribution is 0.0735. The lowest BCUT2D eigenvalue weighted by atomic mass is 10.1. The molecule has 1 fully saturated rings. The molecule has 5 heteroatoms. The topological polar surface area (TPSA) is 33.2 Å². The molecule has 21 heavy (non-hydrogen) atoms. The molecule has 1 aromatic carbocycles. The maximum atomic E-state index is 12.8. The van der Waals surface area contributed by atoms with E-state index in [1.165, 1.54) is 0 Å². The van der Waals surface area contributed by atoms with Crippen molar-refractivity contribution in [3.05, 3.63) is 63.3 Å². The molecule has 108 valence electrons. The number of pyridine rings is 1. The van der Waals surface area contributed by atoms with E-state index in [9.17, 15) is 4.79 Å². The van der Waals surface area contributed by atoms with Crippen LogP contribution in [0.5, 0.6) is 0 Å². The average Bonchev–Trinajstić information content (AvgIpc) is 3.00. The van der Waals surface area contributed by atoms with E-state index in [2.05, 4.69) is 20.9 Å². The van der Waals surface area contributed by atoms with Crippen LogP contribution in [0.1, 0.15) is 34.8 Å². The van der Waals surface area contributed by atoms with Gasteiger partial charge in [0, 0.05) is 23.4 Å². The number of rotatable bonds is 2. The predicted octanol–water partition coefficient (Wildman–Crippen LogP) is 4.47. The van der Waals surface area contributed by atoms with Gasteiger partial charge in [-0.1, -0.05) is 17.7 Å². The Morgan fingerprint density at radius 3 is 2.81 bits per heavy atom. The third kappa shape index (κ3) is 2.83. The third-order valence-electron chi connectivity index (χ3n) is 3.79. The van der Waals surface area contributed by atoms with Crippen LogP contribution in [0.4, 0.5) is 0 Å². The number of amides is 1. The fourth-order valence-corrected chi connectivity index (χ4v) is 3.34. The fourth-order valence-electron chi connectivity index (χ4n) is 2.77. The first-order valence-corrected chi connectivity index (χ1v) is 8.00. The van der Waals surface area contributed by atoms with Gasteiger partial charge in [-0.2, -0.15) is 0 Å². The second-order valence-corrected chi connectivity index (χ2v) is 6.27. The minimum absolute atomic E-state index is 0.0133. The lowest BCUT2D eigenvalue weighted by Crippen LogP contribution is -2.30. The number of aromatic nitrogens is 1. The van der Waals surface area contributed by atoms with Gasteiger partial charge in [0.2, 0.25) is 0 Å². The number of nitrogens with zero attached hydrogens (tertiary/aromatic N) is 2. The van der Waals surface area contributed by atoms with E-state index in [-0.39, 0.29) is 11.9 Å². The molecule has 1 amide bonds. The number of carbonyl (C=O) groups excluding carboxylic acids is 1. The minimum atomic E-state index is -0.0133. The molecule has 0 spiro atoms. The number of carbonyl (C=O) groups is 1. The normalized spacial score (nSPS) is 18.0. The van der Waals surface area contributed by atoms with Crippen LogP contribution in [0, 0.1) is 0 Å². The van der Waals surface area contributed by atoms with E-state index in [4.69, 9.17) is 11.6 Å². The average molecular weight is 366 g/mol. The SMILES string of the molecule is O=C(c1cccc(Br)c1Cl)N1CCCC1c1ccncc1. The van der Waals surface area contributed by atoms with Crippen LogP contribution < -0.4 is 0 Å². The number of hydrogen-bond acceptors (Lipinski definition) is 2. The van der Waals surface area contributed by atoms with Crippen molar-refractivity contribution in [1.29, 1.82) is 0 Å². The molecule has 1 atom stereocenters. The maximum Gasteiger partial charge on any atom is 0.255 e. The van der Waals surface area contributed by atoms with Crippen molar-refractivity contribution in [3.8, 4) is 0 Å². The maximum absolute atomic E-state index is 12.8. The monoisotopic (exact) mass is 364 g/mol. The molecule has 1 aromatic heterocycles. The molecule has 2 heterocycles. The lowest BCUT2D eigenvalue weighted by Gasteiger charge is -2.25. The van der Waals surface area contributed by atoms with E-state index in [0.29, 0.717) is 10.6 Å². The molecule has 3 nitrogen and oxygen atoms in total. The summed E-state index contributed by atoms with van der Waals surface area (Å²) >= 11 is 9.63. The fraction of sp³-hybridized carbons (Fsp3) is 0.250. The van der Waals surface area contributed by atoms with Gasteiger partial charge in [-0.05, 0) is 58.6 Å². The Balaban J connectivity index is 1.92. The summed E-state index contributed by atoms with van der Waals surface area (Å²) in [7, 11) is 0. The minimum Gasteiger partial charge on any atom is -0.332 e. The van der Waals surface area contributed by atoms with Gasteiger partial charge in [0.1, 0.15) is 0 Å². The van der Waals surface area contributed by atoms with Gasteiger partial charge < -0.3 is 4.90 Å². The molecule has 1 saturated heterocycles. The molecule has 0 N–H and O–H groups in total. The largest absolute Gasteiger partial charge is 0.332 e. The Morgan fingerprint density at radius 1 is 1.29 bits per heavy atom. The van der Waals surface area contributed by atoms with Crippen LogP contribution in [-0.2, 0) is 0 Å². The molecule has 0 bridgehead atoms. The zero-order valence-electron chi connectivity index (χ0n) is 11.3. The van der Waals surface area contributed by atoms with E-state index in [0.717, 1.165) is 29.4 Å². The van der Waals surface area contributed by atoms with E-state index in [1.807, 2.05) is 29.2 Å². The quantitative estimate of drug-likeness (QED) is 0.786. The first-order chi connectivity index (χ1) is 10.2. The van der Waals surface area contributed by atoms with Crippen molar-refractivity contribution in [3.63, 3.8) is 0 Å². The summed E-state index contributed by atoms with van der Waals surface area (Å²) in [5.41, 5.74) is 1.67. The molecule has 2 aromatic rings. The summed E-state index contributed by atoms with van der Waals surface area (Å²) in [4.78, 5) is 18.8. The van der Waals surface area contributed by atoms with Gasteiger partial charge in [0.05, 0.1) is 16.6 Å². The van der Waals surface area contributed by atoms with Crippen molar-refractivity contribution < 1.29 is 4.79 Å². The van der Waals surface area contributed by atoms with Gasteiger partial charge in [-0.3, -0.25) is 9.78 Å². The molecule has 1 aliphatic rings. The molecular weight excluding hydrogens is 352 g/mol. The summed E-state index contributed by atoms with van der Waals surface area (Å²) in [6, 6.07) is 9.49. The van der Waals surface area contributed by atoms with Crippen molar-refractivity contribution in [2.24, 2.45) is 0 Å². The van der Waals surface area contributed by atoms with E-state index < -0.39 is 0 Å². The highest BCUT2D eigenvalue weighted by molar-refractivity contribution is 9.10. The van der Waals surface area contributed by atoms with Crippen LogP contribution in [0.2, 0.25) is 5.02 Å². The molecule has 3 rings (SSSR count). The number of halogens is 2. The van der Waals surface area contributed by atoms with Crippen LogP contribution in [-0.4, -0.2) is 22.3 Å². The highest BCUT2D eigenvalue weighted by atomic mass is 79.9. The Morgan fingerprint density at radius 2 is 2.05 bits per heavy atom. The molecule has 0 radical (unpaired) electrons. The smallest absolute Gasteiger partial charge is 0.255 e. The van der Waals surface area contributed by atoms with Crippen molar-refractivity contribution in [2.75, 3.05) is 6.54 Å². The van der Waals surface area contributed by atoms with Crippen molar-refractivity contribution in [1.82, 2.24) is 9.88 Å². The van der Waals surface area contributed by atoms with Gasteiger partial charge in [0.25, 0.3) is 5.91 Å². The second-order valence-electron chi connectivity index (χ2n) is 5.04. The van der Waals surface area contributed by atoms with Gasteiger partial charge >= 0.3 is 0 Å². The predicted molar refractivity (Wildman–Crippen MR) is 86.4 cm³/mol. The Bertz CT molecular complexity index is 663. The summed E-state index contributed by atoms with van der Waals surface area (Å²) in [6.45, 7) is 0.759. The summed E-state index contributed by atoms with van der Waals surface area (Å²) in [6.07, 6.45) is 5.51. The van der Waals surface area contributed by atoms with E-state index in [1.54, 1.807) is 18.5 Å². The molecule has 0 saturated carbocycles. The van der Waals surface area contributed by atoms with Gasteiger partial charge in [0.15, 0.2) is 0 Å². The molecule has 1 unspecified atom stereocenters. The Labute approximate surface area is 137 Å². The van der Waals surface area contributed by atoms with Crippen LogP contribution >= 0.6 is 27.5 Å². The number of hydrogen-bond donors (Lipinski definition) is 0. The standard InChI is InChI=1S/C16H14BrClN2O/c17-13-4-1-3-12(15(13)18)16(21)20-10-2-5-14(20)11-6-8-19-9-7-11/h1,3-4,6-9,14H,2,5,10H2. The second kappa shape index (κ2) is 6.16. The van der Waals surface area contributed by atoms with Crippen LogP contribution in [0.15, 0.2) is 47.2 Å². The molecule has 1 aliphatic heterocycles. The Kier molecular flexibility index (Phi) is 4.27. The number of likely N-dealkylation sites (tertiary alicyclic amines) is 1.